The van der Waals surface area contributed by atoms with Crippen LogP contribution in [0.1, 0.15) is 44.6 Å². The van der Waals surface area contributed by atoms with Crippen molar-refractivity contribution in [1.82, 2.24) is 9.78 Å². The van der Waals surface area contributed by atoms with Gasteiger partial charge in [-0.25, -0.2) is 9.07 Å². The first-order chi connectivity index (χ1) is 18.4. The quantitative estimate of drug-likeness (QED) is 0.486. The Morgan fingerprint density at radius 1 is 1.11 bits per heavy atom. The lowest BCUT2D eigenvalue weighted by molar-refractivity contribution is -0.0847. The molecule has 5 rings (SSSR count). The van der Waals surface area contributed by atoms with E-state index in [9.17, 15) is 9.18 Å². The number of hydrogen-bond acceptors (Lipinski definition) is 7. The van der Waals surface area contributed by atoms with Gasteiger partial charge in [0, 0.05) is 29.9 Å². The fourth-order valence-corrected chi connectivity index (χ4v) is 5.94. The predicted octanol–water partition coefficient (Wildman–Crippen LogP) is 4.89. The van der Waals surface area contributed by atoms with Crippen LogP contribution in [0.3, 0.4) is 0 Å². The molecule has 2 aromatic rings. The zero-order chi connectivity index (χ0) is 26.5. The average molecular weight is 570 g/mol. The van der Waals surface area contributed by atoms with Gasteiger partial charge in [0.2, 0.25) is 0 Å². The van der Waals surface area contributed by atoms with Crippen molar-refractivity contribution in [3.63, 3.8) is 0 Å². The summed E-state index contributed by atoms with van der Waals surface area (Å²) in [4.78, 5) is 15.5. The van der Waals surface area contributed by atoms with Crippen molar-refractivity contribution in [2.75, 3.05) is 56.3 Å². The number of aromatic nitrogens is 2. The number of halogens is 3. The van der Waals surface area contributed by atoms with Crippen molar-refractivity contribution in [1.29, 1.82) is 0 Å². The molecule has 1 aliphatic carbocycles. The Bertz CT molecular complexity index is 1120. The van der Waals surface area contributed by atoms with Crippen LogP contribution in [0.15, 0.2) is 35.3 Å². The summed E-state index contributed by atoms with van der Waals surface area (Å²) < 4.78 is 33.2. The molecule has 1 N–H and O–H groups in total. The predicted molar refractivity (Wildman–Crippen MR) is 147 cm³/mol. The maximum absolute atomic E-state index is 14.9. The van der Waals surface area contributed by atoms with E-state index in [1.165, 1.54) is 10.9 Å². The lowest BCUT2D eigenvalue weighted by Crippen LogP contribution is -2.46. The number of alkyl halides is 1. The molecule has 1 saturated carbocycles. The van der Waals surface area contributed by atoms with Crippen LogP contribution in [0.4, 0.5) is 15.8 Å². The maximum Gasteiger partial charge on any atom is 0.287 e. The Kier molecular flexibility index (Phi) is 9.10. The summed E-state index contributed by atoms with van der Waals surface area (Å²) in [5, 5.41) is 8.13. The highest BCUT2D eigenvalue weighted by molar-refractivity contribution is 6.33. The van der Waals surface area contributed by atoms with Gasteiger partial charge in [0.15, 0.2) is 5.67 Å². The molecule has 2 atom stereocenters. The summed E-state index contributed by atoms with van der Waals surface area (Å²) in [5.74, 6) is 0. The number of nitrogens with zero attached hydrogens (tertiary/aromatic N) is 3. The van der Waals surface area contributed by atoms with Gasteiger partial charge in [0.1, 0.15) is 5.02 Å². The van der Waals surface area contributed by atoms with Gasteiger partial charge in [-0.05, 0) is 62.8 Å². The number of hydrogen-bond donors (Lipinski definition) is 1. The Balaban J connectivity index is 1.24. The Morgan fingerprint density at radius 2 is 1.89 bits per heavy atom. The van der Waals surface area contributed by atoms with Gasteiger partial charge in [-0.15, -0.1) is 0 Å². The summed E-state index contributed by atoms with van der Waals surface area (Å²) in [6.07, 6.45) is 5.97. The lowest BCUT2D eigenvalue weighted by Gasteiger charge is -2.40. The summed E-state index contributed by atoms with van der Waals surface area (Å²) >= 11 is 12.6. The zero-order valence-electron chi connectivity index (χ0n) is 21.4. The number of rotatable bonds is 8. The van der Waals surface area contributed by atoms with Gasteiger partial charge in [-0.2, -0.15) is 5.10 Å². The smallest absolute Gasteiger partial charge is 0.287 e. The van der Waals surface area contributed by atoms with Crippen LogP contribution in [0, 0.1) is 0 Å². The highest BCUT2D eigenvalue weighted by Gasteiger charge is 2.34. The summed E-state index contributed by atoms with van der Waals surface area (Å²) in [6, 6.07) is 8.11. The molecule has 3 heterocycles. The highest BCUT2D eigenvalue weighted by Crippen LogP contribution is 2.34. The molecule has 11 heteroatoms. The monoisotopic (exact) mass is 568 g/mol. The molecule has 0 amide bonds. The fourth-order valence-electron chi connectivity index (χ4n) is 5.61. The molecule has 8 nitrogen and oxygen atoms in total. The Hall–Kier alpha value is -1.91. The van der Waals surface area contributed by atoms with Crippen LogP contribution in [0.5, 0.6) is 0 Å². The van der Waals surface area contributed by atoms with E-state index < -0.39 is 5.67 Å². The summed E-state index contributed by atoms with van der Waals surface area (Å²) in [7, 11) is 0. The molecule has 2 aliphatic heterocycles. The van der Waals surface area contributed by atoms with E-state index in [1.54, 1.807) is 0 Å². The number of nitrogens with one attached hydrogen (secondary N) is 1. The Labute approximate surface area is 232 Å². The first-order valence-electron chi connectivity index (χ1n) is 13.4. The molecule has 3 fully saturated rings. The lowest BCUT2D eigenvalue weighted by atomic mass is 9.89. The normalized spacial score (nSPS) is 28.1. The van der Waals surface area contributed by atoms with E-state index in [0.29, 0.717) is 50.0 Å². The molecule has 0 unspecified atom stereocenters. The number of benzene rings is 1. The standard InChI is InChI=1S/C27H35Cl2FN4O4/c28-19-2-4-20(5-3-19)33(15-23-16-36-12-13-38-23)21-6-8-22(9-7-21)34-26(35)25(29)24(14-32-34)31-17-27(30)10-1-11-37-18-27/h2-5,14,21-23,31H,1,6-13,15-18H2/t21-,22-,23-,27-/m0/s1. The minimum Gasteiger partial charge on any atom is -0.379 e. The average Bonchev–Trinajstić information content (AvgIpc) is 2.94. The van der Waals surface area contributed by atoms with Gasteiger partial charge in [-0.3, -0.25) is 4.79 Å². The zero-order valence-corrected chi connectivity index (χ0v) is 22.9. The van der Waals surface area contributed by atoms with Crippen LogP contribution < -0.4 is 15.8 Å². The van der Waals surface area contributed by atoms with Crippen LogP contribution in [-0.2, 0) is 14.2 Å². The topological polar surface area (TPSA) is 77.9 Å². The van der Waals surface area contributed by atoms with Crippen molar-refractivity contribution < 1.29 is 18.6 Å². The van der Waals surface area contributed by atoms with E-state index in [4.69, 9.17) is 37.4 Å². The molecule has 1 aromatic heterocycles. The SMILES string of the molecule is O=c1c(Cl)c(NC[C@@]2(F)CCCOC2)cnn1[C@H]1CC[C@H](N(C[C@H]2COCCO2)c2ccc(Cl)cc2)CC1. The maximum atomic E-state index is 14.9. The van der Waals surface area contributed by atoms with Gasteiger partial charge in [-0.1, -0.05) is 23.2 Å². The molecule has 38 heavy (non-hydrogen) atoms. The molecule has 0 radical (unpaired) electrons. The third-order valence-corrected chi connectivity index (χ3v) is 8.33. The van der Waals surface area contributed by atoms with E-state index in [-0.39, 0.29) is 41.9 Å². The molecular formula is C27H35Cl2FN4O4. The molecule has 1 aromatic carbocycles. The van der Waals surface area contributed by atoms with Crippen molar-refractivity contribution in [3.05, 3.63) is 50.9 Å². The largest absolute Gasteiger partial charge is 0.379 e. The summed E-state index contributed by atoms with van der Waals surface area (Å²) in [6.45, 7) is 3.18. The van der Waals surface area contributed by atoms with Gasteiger partial charge in [0.05, 0.1) is 57.0 Å². The van der Waals surface area contributed by atoms with E-state index in [0.717, 1.165) is 37.9 Å². The van der Waals surface area contributed by atoms with E-state index in [2.05, 4.69) is 15.3 Å². The molecule has 0 spiro atoms. The van der Waals surface area contributed by atoms with Crippen molar-refractivity contribution in [2.45, 2.75) is 62.4 Å². The first-order valence-corrected chi connectivity index (χ1v) is 14.2. The molecule has 3 aliphatic rings. The van der Waals surface area contributed by atoms with Crippen LogP contribution >= 0.6 is 23.2 Å². The molecule has 0 bridgehead atoms. The second kappa shape index (κ2) is 12.5. The highest BCUT2D eigenvalue weighted by atomic mass is 35.5. The van der Waals surface area contributed by atoms with E-state index in [1.807, 2.05) is 24.3 Å². The molecule has 208 valence electrons. The van der Waals surface area contributed by atoms with Gasteiger partial charge >= 0.3 is 0 Å². The number of ether oxygens (including phenoxy) is 3. The van der Waals surface area contributed by atoms with Gasteiger partial charge < -0.3 is 24.4 Å². The fraction of sp³-hybridized carbons (Fsp3) is 0.630. The van der Waals surface area contributed by atoms with Crippen molar-refractivity contribution in [3.8, 4) is 0 Å². The first kappa shape index (κ1) is 27.6. The Morgan fingerprint density at radius 3 is 2.58 bits per heavy atom. The third-order valence-electron chi connectivity index (χ3n) is 7.71. The van der Waals surface area contributed by atoms with Crippen LogP contribution in [-0.4, -0.2) is 73.7 Å². The molecular weight excluding hydrogens is 534 g/mol. The van der Waals surface area contributed by atoms with Crippen molar-refractivity contribution in [2.24, 2.45) is 0 Å². The summed E-state index contributed by atoms with van der Waals surface area (Å²) in [5.41, 5.74) is -0.377. The minimum atomic E-state index is -1.47. The van der Waals surface area contributed by atoms with Gasteiger partial charge in [0.25, 0.3) is 5.56 Å². The van der Waals surface area contributed by atoms with Crippen LogP contribution in [0.2, 0.25) is 10.0 Å². The van der Waals surface area contributed by atoms with Crippen LogP contribution in [0.25, 0.3) is 0 Å². The van der Waals surface area contributed by atoms with Crippen molar-refractivity contribution >= 4 is 34.6 Å². The number of anilines is 2. The third kappa shape index (κ3) is 6.62. The second-order valence-electron chi connectivity index (χ2n) is 10.4. The second-order valence-corrected chi connectivity index (χ2v) is 11.3. The molecule has 2 saturated heterocycles. The minimum absolute atomic E-state index is 0.00363. The van der Waals surface area contributed by atoms with E-state index >= 15 is 0 Å².